The lowest BCUT2D eigenvalue weighted by Crippen LogP contribution is -2.30. The van der Waals surface area contributed by atoms with Crippen molar-refractivity contribution in [2.24, 2.45) is 0 Å². The molecule has 0 aliphatic carbocycles. The first-order chi connectivity index (χ1) is 12.1. The van der Waals surface area contributed by atoms with Crippen LogP contribution in [0.5, 0.6) is 0 Å². The molecule has 0 aliphatic rings. The Morgan fingerprint density at radius 1 is 1.36 bits per heavy atom. The first-order valence-corrected chi connectivity index (χ1v) is 10.1. The molecule has 0 aliphatic heterocycles. The molecular formula is C18H17ClN2O2S2. The van der Waals surface area contributed by atoms with Crippen LogP contribution in [0.1, 0.15) is 17.6 Å². The van der Waals surface area contributed by atoms with Crippen molar-refractivity contribution in [1.29, 1.82) is 0 Å². The van der Waals surface area contributed by atoms with Crippen molar-refractivity contribution < 1.29 is 9.32 Å². The maximum Gasteiger partial charge on any atom is 0.233 e. The molecule has 1 N–H and O–H groups in total. The molecule has 0 bridgehead atoms. The normalized spacial score (nSPS) is 12.1. The topological polar surface area (TPSA) is 55.1 Å². The second kappa shape index (κ2) is 8.56. The third-order valence-corrected chi connectivity index (χ3v) is 5.85. The summed E-state index contributed by atoms with van der Waals surface area (Å²) >= 11 is 9.05. The summed E-state index contributed by atoms with van der Waals surface area (Å²) in [6, 6.07) is 13.3. The minimum absolute atomic E-state index is 0.0239. The van der Waals surface area contributed by atoms with Gasteiger partial charge in [0.1, 0.15) is 11.5 Å². The smallest absolute Gasteiger partial charge is 0.233 e. The van der Waals surface area contributed by atoms with Crippen LogP contribution in [0.3, 0.4) is 0 Å². The Labute approximate surface area is 159 Å². The van der Waals surface area contributed by atoms with E-state index in [1.54, 1.807) is 11.3 Å². The number of nitrogens with one attached hydrogen (secondary N) is 1. The molecule has 1 unspecified atom stereocenters. The van der Waals surface area contributed by atoms with E-state index in [4.69, 9.17) is 16.1 Å². The number of aromatic nitrogens is 1. The van der Waals surface area contributed by atoms with E-state index in [1.807, 2.05) is 54.8 Å². The van der Waals surface area contributed by atoms with E-state index in [2.05, 4.69) is 10.5 Å². The molecule has 4 nitrogen and oxygen atoms in total. The average molecular weight is 393 g/mol. The van der Waals surface area contributed by atoms with Crippen LogP contribution in [-0.4, -0.2) is 16.3 Å². The molecule has 0 fully saturated rings. The maximum atomic E-state index is 12.1. The van der Waals surface area contributed by atoms with Crippen LogP contribution in [0.25, 0.3) is 11.3 Å². The SMILES string of the molecule is CC(SCc1cc(-c2ccc(Cl)cc2)no1)C(=O)NCc1cccs1. The number of rotatable bonds is 7. The molecule has 25 heavy (non-hydrogen) atoms. The molecule has 0 radical (unpaired) electrons. The van der Waals surface area contributed by atoms with E-state index >= 15 is 0 Å². The fourth-order valence-corrected chi connectivity index (χ4v) is 3.71. The number of carbonyl (C=O) groups excluding carboxylic acids is 1. The molecule has 2 heterocycles. The molecule has 3 aromatic rings. The molecular weight excluding hydrogens is 376 g/mol. The van der Waals surface area contributed by atoms with Crippen LogP contribution in [0, 0.1) is 0 Å². The zero-order valence-corrected chi connectivity index (χ0v) is 16.0. The standard InChI is InChI=1S/C18H17ClN2O2S2/c1-12(18(22)20-10-16-3-2-8-24-16)25-11-15-9-17(21-23-15)13-4-6-14(19)7-5-13/h2-9,12H,10-11H2,1H3,(H,20,22). The molecule has 1 amide bonds. The van der Waals surface area contributed by atoms with Gasteiger partial charge < -0.3 is 9.84 Å². The van der Waals surface area contributed by atoms with E-state index in [9.17, 15) is 4.79 Å². The Hall–Kier alpha value is -1.76. The Morgan fingerprint density at radius 2 is 2.16 bits per heavy atom. The van der Waals surface area contributed by atoms with Crippen molar-refractivity contribution in [3.63, 3.8) is 0 Å². The fourth-order valence-electron chi connectivity index (χ4n) is 2.15. The molecule has 2 aromatic heterocycles. The quantitative estimate of drug-likeness (QED) is 0.615. The fraction of sp³-hybridized carbons (Fsp3) is 0.222. The summed E-state index contributed by atoms with van der Waals surface area (Å²) < 4.78 is 5.36. The van der Waals surface area contributed by atoms with Gasteiger partial charge in [-0.15, -0.1) is 23.1 Å². The zero-order chi connectivity index (χ0) is 17.6. The van der Waals surface area contributed by atoms with E-state index in [1.165, 1.54) is 11.8 Å². The summed E-state index contributed by atoms with van der Waals surface area (Å²) in [6.07, 6.45) is 0. The lowest BCUT2D eigenvalue weighted by molar-refractivity contribution is -0.120. The zero-order valence-electron chi connectivity index (χ0n) is 13.6. The van der Waals surface area contributed by atoms with Crippen molar-refractivity contribution in [2.45, 2.75) is 24.5 Å². The van der Waals surface area contributed by atoms with Gasteiger partial charge in [-0.25, -0.2) is 0 Å². The van der Waals surface area contributed by atoms with Crippen LogP contribution in [0.15, 0.2) is 52.4 Å². The highest BCUT2D eigenvalue weighted by Gasteiger charge is 2.15. The van der Waals surface area contributed by atoms with Crippen molar-refractivity contribution >= 4 is 40.6 Å². The van der Waals surface area contributed by atoms with E-state index in [0.29, 0.717) is 17.3 Å². The van der Waals surface area contributed by atoms with Crippen molar-refractivity contribution in [2.75, 3.05) is 0 Å². The van der Waals surface area contributed by atoms with Gasteiger partial charge in [0.25, 0.3) is 0 Å². The summed E-state index contributed by atoms with van der Waals surface area (Å²) in [5, 5.41) is 9.55. The lowest BCUT2D eigenvalue weighted by atomic mass is 10.1. The monoisotopic (exact) mass is 392 g/mol. The summed E-state index contributed by atoms with van der Waals surface area (Å²) in [5.41, 5.74) is 1.72. The number of hydrogen-bond acceptors (Lipinski definition) is 5. The Bertz CT molecular complexity index is 816. The number of nitrogens with zero attached hydrogens (tertiary/aromatic N) is 1. The van der Waals surface area contributed by atoms with Gasteiger partial charge in [0, 0.05) is 21.5 Å². The number of halogens is 1. The van der Waals surface area contributed by atoms with Crippen molar-refractivity contribution in [3.05, 3.63) is 63.5 Å². The summed E-state index contributed by atoms with van der Waals surface area (Å²) in [7, 11) is 0. The van der Waals surface area contributed by atoms with Crippen LogP contribution in [0.2, 0.25) is 5.02 Å². The van der Waals surface area contributed by atoms with Gasteiger partial charge in [0.05, 0.1) is 17.5 Å². The molecule has 7 heteroatoms. The van der Waals surface area contributed by atoms with Gasteiger partial charge in [0.15, 0.2) is 0 Å². The molecule has 1 aromatic carbocycles. The van der Waals surface area contributed by atoms with Gasteiger partial charge in [-0.05, 0) is 30.5 Å². The maximum absolute atomic E-state index is 12.1. The molecule has 0 spiro atoms. The first kappa shape index (κ1) is 18.0. The Kier molecular flexibility index (Phi) is 6.18. The number of amides is 1. The van der Waals surface area contributed by atoms with E-state index in [0.717, 1.165) is 21.9 Å². The van der Waals surface area contributed by atoms with Gasteiger partial charge >= 0.3 is 0 Å². The second-order valence-corrected chi connectivity index (χ2v) is 8.23. The minimum Gasteiger partial charge on any atom is -0.360 e. The number of carbonyl (C=O) groups is 1. The predicted octanol–water partition coefficient (Wildman–Crippen LogP) is 4.99. The van der Waals surface area contributed by atoms with Crippen LogP contribution >= 0.6 is 34.7 Å². The second-order valence-electron chi connectivity index (χ2n) is 5.44. The highest BCUT2D eigenvalue weighted by atomic mass is 35.5. The van der Waals surface area contributed by atoms with E-state index < -0.39 is 0 Å². The molecule has 3 rings (SSSR count). The molecule has 0 saturated carbocycles. The predicted molar refractivity (Wildman–Crippen MR) is 104 cm³/mol. The van der Waals surface area contributed by atoms with Crippen molar-refractivity contribution in [1.82, 2.24) is 10.5 Å². The van der Waals surface area contributed by atoms with E-state index in [-0.39, 0.29) is 11.2 Å². The number of thioether (sulfide) groups is 1. The van der Waals surface area contributed by atoms with Gasteiger partial charge in [-0.2, -0.15) is 0 Å². The summed E-state index contributed by atoms with van der Waals surface area (Å²) in [6.45, 7) is 2.47. The number of benzene rings is 1. The van der Waals surface area contributed by atoms with Gasteiger partial charge in [0.2, 0.25) is 5.91 Å². The van der Waals surface area contributed by atoms with Crippen LogP contribution < -0.4 is 5.32 Å². The highest BCUT2D eigenvalue weighted by Crippen LogP contribution is 2.24. The first-order valence-electron chi connectivity index (χ1n) is 7.75. The third kappa shape index (κ3) is 5.11. The Morgan fingerprint density at radius 3 is 2.88 bits per heavy atom. The Balaban J connectivity index is 1.49. The third-order valence-electron chi connectivity index (χ3n) is 3.56. The van der Waals surface area contributed by atoms with Crippen LogP contribution in [0.4, 0.5) is 0 Å². The molecule has 0 saturated heterocycles. The van der Waals surface area contributed by atoms with Gasteiger partial charge in [-0.1, -0.05) is 35.0 Å². The largest absolute Gasteiger partial charge is 0.360 e. The summed E-state index contributed by atoms with van der Waals surface area (Å²) in [4.78, 5) is 13.3. The minimum atomic E-state index is -0.163. The molecule has 130 valence electrons. The number of thiophene rings is 1. The average Bonchev–Trinajstić information content (AvgIpc) is 3.30. The highest BCUT2D eigenvalue weighted by molar-refractivity contribution is 7.99. The van der Waals surface area contributed by atoms with Gasteiger partial charge in [-0.3, -0.25) is 4.79 Å². The number of hydrogen-bond donors (Lipinski definition) is 1. The molecule has 1 atom stereocenters. The lowest BCUT2D eigenvalue weighted by Gasteiger charge is -2.10. The van der Waals surface area contributed by atoms with Crippen molar-refractivity contribution in [3.8, 4) is 11.3 Å². The van der Waals surface area contributed by atoms with Crippen LogP contribution in [-0.2, 0) is 17.1 Å². The summed E-state index contributed by atoms with van der Waals surface area (Å²) in [5.74, 6) is 1.36.